The van der Waals surface area contributed by atoms with Crippen LogP contribution in [0, 0.1) is 5.82 Å². The largest absolute Gasteiger partial charge is 0.380 e. The van der Waals surface area contributed by atoms with Crippen molar-refractivity contribution in [2.24, 2.45) is 4.99 Å². The van der Waals surface area contributed by atoms with E-state index < -0.39 is 0 Å². The van der Waals surface area contributed by atoms with Crippen LogP contribution in [0.2, 0.25) is 0 Å². The maximum atomic E-state index is 12.9. The molecule has 1 rings (SSSR count). The van der Waals surface area contributed by atoms with Crippen molar-refractivity contribution in [3.05, 3.63) is 35.6 Å². The van der Waals surface area contributed by atoms with Crippen LogP contribution in [0.5, 0.6) is 0 Å². The van der Waals surface area contributed by atoms with Crippen LogP contribution in [0.15, 0.2) is 29.3 Å². The van der Waals surface area contributed by atoms with Crippen molar-refractivity contribution >= 4 is 5.96 Å². The van der Waals surface area contributed by atoms with Crippen LogP contribution in [-0.4, -0.2) is 44.2 Å². The number of rotatable bonds is 7. The standard InChI is InChI=1S/C15H24FN3O/c1-4-17-15(18-10-11-20-5-2)19(3)12-13-6-8-14(16)9-7-13/h6-9H,4-5,10-12H2,1-3H3,(H,17,18). The molecule has 0 aromatic heterocycles. The summed E-state index contributed by atoms with van der Waals surface area (Å²) >= 11 is 0. The summed E-state index contributed by atoms with van der Waals surface area (Å²) in [4.78, 5) is 6.51. The summed E-state index contributed by atoms with van der Waals surface area (Å²) in [5, 5.41) is 3.24. The van der Waals surface area contributed by atoms with Gasteiger partial charge in [-0.15, -0.1) is 0 Å². The van der Waals surface area contributed by atoms with E-state index in [0.717, 1.165) is 18.1 Å². The Kier molecular flexibility index (Phi) is 7.65. The normalized spacial score (nSPS) is 11.5. The van der Waals surface area contributed by atoms with Crippen LogP contribution >= 0.6 is 0 Å². The van der Waals surface area contributed by atoms with E-state index in [4.69, 9.17) is 4.74 Å². The summed E-state index contributed by atoms with van der Waals surface area (Å²) in [6.07, 6.45) is 0. The van der Waals surface area contributed by atoms with E-state index in [1.54, 1.807) is 12.1 Å². The second-order valence-electron chi connectivity index (χ2n) is 4.42. The molecule has 0 heterocycles. The van der Waals surface area contributed by atoms with Crippen LogP contribution in [0.4, 0.5) is 4.39 Å². The van der Waals surface area contributed by atoms with Gasteiger partial charge in [0.15, 0.2) is 5.96 Å². The van der Waals surface area contributed by atoms with Crippen molar-refractivity contribution in [1.82, 2.24) is 10.2 Å². The van der Waals surface area contributed by atoms with Crippen LogP contribution in [0.3, 0.4) is 0 Å². The van der Waals surface area contributed by atoms with Crippen molar-refractivity contribution in [2.45, 2.75) is 20.4 Å². The molecule has 0 saturated heterocycles. The Morgan fingerprint density at radius 3 is 2.60 bits per heavy atom. The van der Waals surface area contributed by atoms with Gasteiger partial charge in [0.05, 0.1) is 13.2 Å². The van der Waals surface area contributed by atoms with Gasteiger partial charge in [-0.2, -0.15) is 0 Å². The number of hydrogen-bond acceptors (Lipinski definition) is 2. The average molecular weight is 281 g/mol. The minimum atomic E-state index is -0.214. The second-order valence-corrected chi connectivity index (χ2v) is 4.42. The zero-order valence-corrected chi connectivity index (χ0v) is 12.5. The third kappa shape index (κ3) is 6.02. The van der Waals surface area contributed by atoms with Crippen molar-refractivity contribution in [2.75, 3.05) is 33.4 Å². The zero-order valence-electron chi connectivity index (χ0n) is 12.5. The summed E-state index contributed by atoms with van der Waals surface area (Å²) < 4.78 is 18.2. The van der Waals surface area contributed by atoms with Gasteiger partial charge in [0, 0.05) is 26.7 Å². The molecule has 5 heteroatoms. The van der Waals surface area contributed by atoms with E-state index in [1.807, 2.05) is 25.8 Å². The van der Waals surface area contributed by atoms with Gasteiger partial charge in [0.2, 0.25) is 0 Å². The van der Waals surface area contributed by atoms with Crippen molar-refractivity contribution in [1.29, 1.82) is 0 Å². The molecule has 0 fully saturated rings. The highest BCUT2D eigenvalue weighted by molar-refractivity contribution is 5.79. The lowest BCUT2D eigenvalue weighted by Gasteiger charge is -2.22. The van der Waals surface area contributed by atoms with E-state index >= 15 is 0 Å². The number of hydrogen-bond donors (Lipinski definition) is 1. The van der Waals surface area contributed by atoms with Crippen LogP contribution in [0.25, 0.3) is 0 Å². The molecular weight excluding hydrogens is 257 g/mol. The molecule has 4 nitrogen and oxygen atoms in total. The smallest absolute Gasteiger partial charge is 0.194 e. The number of nitrogens with zero attached hydrogens (tertiary/aromatic N) is 2. The summed E-state index contributed by atoms with van der Waals surface area (Å²) in [5.41, 5.74) is 1.05. The van der Waals surface area contributed by atoms with E-state index in [-0.39, 0.29) is 5.82 Å². The van der Waals surface area contributed by atoms with Crippen molar-refractivity contribution in [3.63, 3.8) is 0 Å². The van der Waals surface area contributed by atoms with Crippen LogP contribution in [-0.2, 0) is 11.3 Å². The fraction of sp³-hybridized carbons (Fsp3) is 0.533. The third-order valence-electron chi connectivity index (χ3n) is 2.73. The Morgan fingerprint density at radius 2 is 2.00 bits per heavy atom. The van der Waals surface area contributed by atoms with Crippen LogP contribution in [0.1, 0.15) is 19.4 Å². The number of benzene rings is 1. The highest BCUT2D eigenvalue weighted by Crippen LogP contribution is 2.05. The fourth-order valence-corrected chi connectivity index (χ4v) is 1.77. The Morgan fingerprint density at radius 1 is 1.30 bits per heavy atom. The Balaban J connectivity index is 2.58. The topological polar surface area (TPSA) is 36.9 Å². The lowest BCUT2D eigenvalue weighted by atomic mass is 10.2. The first-order valence-electron chi connectivity index (χ1n) is 6.99. The maximum absolute atomic E-state index is 12.9. The van der Waals surface area contributed by atoms with Gasteiger partial charge in [0.25, 0.3) is 0 Å². The average Bonchev–Trinajstić information content (AvgIpc) is 2.44. The molecule has 112 valence electrons. The molecule has 0 aliphatic rings. The van der Waals surface area contributed by atoms with Gasteiger partial charge in [-0.05, 0) is 31.5 Å². The highest BCUT2D eigenvalue weighted by atomic mass is 19.1. The molecule has 1 aromatic rings. The van der Waals surface area contributed by atoms with Gasteiger partial charge in [0.1, 0.15) is 5.82 Å². The number of ether oxygens (including phenoxy) is 1. The van der Waals surface area contributed by atoms with Gasteiger partial charge < -0.3 is 15.0 Å². The summed E-state index contributed by atoms with van der Waals surface area (Å²) in [5.74, 6) is 0.616. The molecule has 0 aliphatic heterocycles. The van der Waals surface area contributed by atoms with Gasteiger partial charge in [-0.25, -0.2) is 4.39 Å². The van der Waals surface area contributed by atoms with Crippen molar-refractivity contribution < 1.29 is 9.13 Å². The van der Waals surface area contributed by atoms with E-state index in [2.05, 4.69) is 10.3 Å². The van der Waals surface area contributed by atoms with E-state index in [9.17, 15) is 4.39 Å². The van der Waals surface area contributed by atoms with Crippen LogP contribution < -0.4 is 5.32 Å². The first-order valence-corrected chi connectivity index (χ1v) is 6.99. The maximum Gasteiger partial charge on any atom is 0.194 e. The monoisotopic (exact) mass is 281 g/mol. The Labute approximate surface area is 120 Å². The molecule has 0 spiro atoms. The molecular formula is C15H24FN3O. The number of nitrogens with one attached hydrogen (secondary N) is 1. The van der Waals surface area contributed by atoms with Gasteiger partial charge >= 0.3 is 0 Å². The minimum Gasteiger partial charge on any atom is -0.380 e. The Bertz CT molecular complexity index is 406. The molecule has 0 bridgehead atoms. The predicted octanol–water partition coefficient (Wildman–Crippen LogP) is 2.26. The number of halogens is 1. The molecule has 1 N–H and O–H groups in total. The lowest BCUT2D eigenvalue weighted by Crippen LogP contribution is -2.38. The highest BCUT2D eigenvalue weighted by Gasteiger charge is 2.06. The fourth-order valence-electron chi connectivity index (χ4n) is 1.77. The minimum absolute atomic E-state index is 0.214. The predicted molar refractivity (Wildman–Crippen MR) is 80.3 cm³/mol. The lowest BCUT2D eigenvalue weighted by molar-refractivity contribution is 0.155. The van der Waals surface area contributed by atoms with Crippen molar-refractivity contribution in [3.8, 4) is 0 Å². The van der Waals surface area contributed by atoms with Gasteiger partial charge in [-0.1, -0.05) is 12.1 Å². The molecule has 0 saturated carbocycles. The summed E-state index contributed by atoms with van der Waals surface area (Å²) in [6, 6.07) is 6.52. The molecule has 0 aliphatic carbocycles. The quantitative estimate of drug-likeness (QED) is 0.473. The SMILES string of the molecule is CCNC(=NCCOCC)N(C)Cc1ccc(F)cc1. The summed E-state index contributed by atoms with van der Waals surface area (Å²) in [7, 11) is 1.96. The zero-order chi connectivity index (χ0) is 14.8. The molecule has 0 amide bonds. The summed E-state index contributed by atoms with van der Waals surface area (Å²) in [6.45, 7) is 7.44. The third-order valence-corrected chi connectivity index (χ3v) is 2.73. The first-order chi connectivity index (χ1) is 9.67. The van der Waals surface area contributed by atoms with Gasteiger partial charge in [-0.3, -0.25) is 4.99 Å². The molecule has 0 atom stereocenters. The molecule has 1 aromatic carbocycles. The molecule has 0 unspecified atom stereocenters. The molecule has 0 radical (unpaired) electrons. The number of aliphatic imine (C=N–C) groups is 1. The first kappa shape index (κ1) is 16.4. The van der Waals surface area contributed by atoms with E-state index in [0.29, 0.717) is 26.3 Å². The molecule has 20 heavy (non-hydrogen) atoms. The number of guanidine groups is 1. The van der Waals surface area contributed by atoms with E-state index in [1.165, 1.54) is 12.1 Å². The Hall–Kier alpha value is -1.62. The second kappa shape index (κ2) is 9.31.